The molecule has 1 aromatic heterocycles. The molecule has 1 N–H and O–H groups in total. The number of carbonyl (C=O) groups is 3. The Morgan fingerprint density at radius 3 is 2.10 bits per heavy atom. The average molecular weight is 559 g/mol. The number of non-ortho nitro benzene ring substituents is 1. The zero-order valence-electron chi connectivity index (χ0n) is 21.6. The molecule has 0 spiro atoms. The quantitative estimate of drug-likeness (QED) is 0.306. The van der Waals surface area contributed by atoms with E-state index in [0.717, 1.165) is 21.6 Å². The van der Waals surface area contributed by atoms with Crippen LogP contribution in [-0.4, -0.2) is 39.3 Å². The standard InChI is InChI=1S/C27H25F3N4O6/c1-16(2)24(25(37)27(28,29)30)31-23(36)15-32-21(18-7-5-4-6-8-18)13-14-22(26(32)38)33(17(3)35)19-9-11-20(12-10-19)34(39)40/h4-14,16,24H,15H2,1-3H3,(H,31,36). The second-order valence-electron chi connectivity index (χ2n) is 9.14. The van der Waals surface area contributed by atoms with Gasteiger partial charge in [-0.05, 0) is 35.7 Å². The van der Waals surface area contributed by atoms with Crippen molar-refractivity contribution >= 4 is 34.7 Å². The molecule has 1 heterocycles. The van der Waals surface area contributed by atoms with Crippen LogP contribution in [0.25, 0.3) is 11.3 Å². The zero-order chi connectivity index (χ0) is 29.8. The maximum Gasteiger partial charge on any atom is 0.452 e. The number of benzene rings is 2. The molecule has 0 saturated carbocycles. The topological polar surface area (TPSA) is 132 Å². The Labute approximate surface area is 226 Å². The number of hydrogen-bond donors (Lipinski definition) is 1. The number of nitro groups is 1. The van der Waals surface area contributed by atoms with E-state index in [9.17, 15) is 42.5 Å². The van der Waals surface area contributed by atoms with Gasteiger partial charge in [0.05, 0.1) is 16.7 Å². The number of carbonyl (C=O) groups excluding carboxylic acids is 3. The van der Waals surface area contributed by atoms with Gasteiger partial charge >= 0.3 is 6.18 Å². The van der Waals surface area contributed by atoms with Crippen LogP contribution in [0.1, 0.15) is 20.8 Å². The molecule has 0 saturated heterocycles. The minimum absolute atomic E-state index is 0.134. The fourth-order valence-corrected chi connectivity index (χ4v) is 4.04. The Hall–Kier alpha value is -4.81. The van der Waals surface area contributed by atoms with Crippen molar-refractivity contribution in [1.82, 2.24) is 9.88 Å². The van der Waals surface area contributed by atoms with E-state index in [2.05, 4.69) is 5.32 Å². The Balaban J connectivity index is 2.11. The molecule has 1 unspecified atom stereocenters. The predicted molar refractivity (Wildman–Crippen MR) is 140 cm³/mol. The Bertz CT molecular complexity index is 1480. The van der Waals surface area contributed by atoms with Gasteiger partial charge in [-0.15, -0.1) is 0 Å². The van der Waals surface area contributed by atoms with Crippen LogP contribution in [0.15, 0.2) is 71.5 Å². The molecule has 3 rings (SSSR count). The van der Waals surface area contributed by atoms with Gasteiger partial charge in [0.15, 0.2) is 0 Å². The van der Waals surface area contributed by atoms with Gasteiger partial charge in [-0.2, -0.15) is 13.2 Å². The van der Waals surface area contributed by atoms with Gasteiger partial charge in [0, 0.05) is 24.7 Å². The molecule has 0 bridgehead atoms. The lowest BCUT2D eigenvalue weighted by Gasteiger charge is -2.24. The van der Waals surface area contributed by atoms with Gasteiger partial charge in [0.25, 0.3) is 17.0 Å². The highest BCUT2D eigenvalue weighted by molar-refractivity contribution is 5.99. The number of amides is 2. The third-order valence-electron chi connectivity index (χ3n) is 5.94. The number of anilines is 2. The van der Waals surface area contributed by atoms with Gasteiger partial charge in [-0.1, -0.05) is 44.2 Å². The number of Topliss-reactive ketones (excluding diaryl/α,β-unsaturated/α-hetero) is 1. The summed E-state index contributed by atoms with van der Waals surface area (Å²) in [6.07, 6.45) is -5.18. The molecule has 0 aliphatic carbocycles. The maximum absolute atomic E-state index is 13.7. The van der Waals surface area contributed by atoms with E-state index in [-0.39, 0.29) is 22.8 Å². The molecule has 2 amide bonds. The monoisotopic (exact) mass is 558 g/mol. The second-order valence-corrected chi connectivity index (χ2v) is 9.14. The maximum atomic E-state index is 13.7. The largest absolute Gasteiger partial charge is 0.452 e. The highest BCUT2D eigenvalue weighted by Crippen LogP contribution is 2.28. The van der Waals surface area contributed by atoms with Crippen molar-refractivity contribution in [3.05, 3.63) is 87.2 Å². The summed E-state index contributed by atoms with van der Waals surface area (Å²) < 4.78 is 40.3. The van der Waals surface area contributed by atoms with Crippen LogP contribution in [0.3, 0.4) is 0 Å². The molecule has 0 radical (unpaired) electrons. The number of nitrogens with zero attached hydrogens (tertiary/aromatic N) is 3. The van der Waals surface area contributed by atoms with Crippen LogP contribution < -0.4 is 15.8 Å². The van der Waals surface area contributed by atoms with Crippen LogP contribution in [-0.2, 0) is 20.9 Å². The number of nitro benzene ring substituents is 1. The minimum atomic E-state index is -5.18. The SMILES string of the molecule is CC(=O)N(c1ccc([N+](=O)[O-])cc1)c1ccc(-c2ccccc2)n(CC(=O)NC(C(=O)C(F)(F)F)C(C)C)c1=O. The molecule has 1 atom stereocenters. The second kappa shape index (κ2) is 11.9. The average Bonchev–Trinajstić information content (AvgIpc) is 2.89. The van der Waals surface area contributed by atoms with Gasteiger partial charge in [0.1, 0.15) is 12.2 Å². The van der Waals surface area contributed by atoms with Crippen LogP contribution in [0.4, 0.5) is 30.2 Å². The van der Waals surface area contributed by atoms with E-state index in [1.807, 2.05) is 0 Å². The van der Waals surface area contributed by atoms with Crippen LogP contribution >= 0.6 is 0 Å². The molecule has 0 aliphatic rings. The van der Waals surface area contributed by atoms with E-state index < -0.39 is 52.8 Å². The molecular formula is C27H25F3N4O6. The van der Waals surface area contributed by atoms with Gasteiger partial charge < -0.3 is 5.32 Å². The number of hydrogen-bond acceptors (Lipinski definition) is 6. The molecule has 40 heavy (non-hydrogen) atoms. The highest BCUT2D eigenvalue weighted by Gasteiger charge is 2.45. The fourth-order valence-electron chi connectivity index (χ4n) is 4.04. The van der Waals surface area contributed by atoms with E-state index >= 15 is 0 Å². The third kappa shape index (κ3) is 6.60. The summed E-state index contributed by atoms with van der Waals surface area (Å²) in [5.41, 5.74) is -0.438. The summed E-state index contributed by atoms with van der Waals surface area (Å²) in [6.45, 7) is 3.08. The summed E-state index contributed by atoms with van der Waals surface area (Å²) in [5.74, 6) is -4.67. The number of pyridine rings is 1. The Morgan fingerprint density at radius 1 is 1.00 bits per heavy atom. The molecule has 10 nitrogen and oxygen atoms in total. The van der Waals surface area contributed by atoms with E-state index in [1.165, 1.54) is 45.0 Å². The van der Waals surface area contributed by atoms with Gasteiger partial charge in [0.2, 0.25) is 11.8 Å². The predicted octanol–water partition coefficient (Wildman–Crippen LogP) is 4.38. The number of alkyl halides is 3. The van der Waals surface area contributed by atoms with Crippen LogP contribution in [0.5, 0.6) is 0 Å². The Morgan fingerprint density at radius 2 is 1.60 bits per heavy atom. The molecule has 13 heteroatoms. The molecule has 210 valence electrons. The van der Waals surface area contributed by atoms with Crippen molar-refractivity contribution in [2.24, 2.45) is 5.92 Å². The van der Waals surface area contributed by atoms with Crippen LogP contribution in [0, 0.1) is 16.0 Å². The first-order chi connectivity index (χ1) is 18.7. The van der Waals surface area contributed by atoms with E-state index in [4.69, 9.17) is 0 Å². The smallest absolute Gasteiger partial charge is 0.344 e. The van der Waals surface area contributed by atoms with Crippen molar-refractivity contribution in [3.8, 4) is 11.3 Å². The normalized spacial score (nSPS) is 12.1. The number of nitrogens with one attached hydrogen (secondary N) is 1. The summed E-state index contributed by atoms with van der Waals surface area (Å²) in [7, 11) is 0. The molecule has 0 fully saturated rings. The first-order valence-corrected chi connectivity index (χ1v) is 12.0. The summed E-state index contributed by atoms with van der Waals surface area (Å²) in [5, 5.41) is 13.1. The molecule has 3 aromatic rings. The van der Waals surface area contributed by atoms with Crippen molar-refractivity contribution in [2.75, 3.05) is 4.90 Å². The van der Waals surface area contributed by atoms with Crippen molar-refractivity contribution < 1.29 is 32.5 Å². The van der Waals surface area contributed by atoms with E-state index in [1.54, 1.807) is 30.3 Å². The minimum Gasteiger partial charge on any atom is -0.344 e. The number of rotatable bonds is 9. The number of aromatic nitrogens is 1. The Kier molecular flexibility index (Phi) is 8.87. The summed E-state index contributed by atoms with van der Waals surface area (Å²) in [6, 6.07) is 14.1. The molecular weight excluding hydrogens is 533 g/mol. The number of halogens is 3. The first-order valence-electron chi connectivity index (χ1n) is 12.0. The lowest BCUT2D eigenvalue weighted by Crippen LogP contribution is -2.51. The van der Waals surface area contributed by atoms with Crippen molar-refractivity contribution in [2.45, 2.75) is 39.5 Å². The number of ketones is 1. The molecule has 2 aromatic carbocycles. The van der Waals surface area contributed by atoms with E-state index in [0.29, 0.717) is 5.56 Å². The fraction of sp³-hybridized carbons (Fsp3) is 0.259. The van der Waals surface area contributed by atoms with Crippen LogP contribution in [0.2, 0.25) is 0 Å². The summed E-state index contributed by atoms with van der Waals surface area (Å²) >= 11 is 0. The molecule has 0 aliphatic heterocycles. The first kappa shape index (κ1) is 29.7. The van der Waals surface area contributed by atoms with Crippen molar-refractivity contribution in [3.63, 3.8) is 0 Å². The summed E-state index contributed by atoms with van der Waals surface area (Å²) in [4.78, 5) is 62.6. The lowest BCUT2D eigenvalue weighted by atomic mass is 9.99. The lowest BCUT2D eigenvalue weighted by molar-refractivity contribution is -0.384. The highest BCUT2D eigenvalue weighted by atomic mass is 19.4. The zero-order valence-corrected chi connectivity index (χ0v) is 21.6. The van der Waals surface area contributed by atoms with Gasteiger partial charge in [-0.3, -0.25) is 38.8 Å². The van der Waals surface area contributed by atoms with Gasteiger partial charge in [-0.25, -0.2) is 0 Å². The van der Waals surface area contributed by atoms with Crippen molar-refractivity contribution in [1.29, 1.82) is 0 Å². The third-order valence-corrected chi connectivity index (χ3v) is 5.94.